The number of aromatic nitrogens is 2. The number of nitrogens with one attached hydrogen (secondary N) is 1. The van der Waals surface area contributed by atoms with Gasteiger partial charge in [0.1, 0.15) is 0 Å². The van der Waals surface area contributed by atoms with Crippen LogP contribution in [0.2, 0.25) is 0 Å². The van der Waals surface area contributed by atoms with Gasteiger partial charge in [0.2, 0.25) is 0 Å². The van der Waals surface area contributed by atoms with Crippen LogP contribution in [-0.2, 0) is 0 Å². The minimum absolute atomic E-state index is 0.0362. The van der Waals surface area contributed by atoms with Crippen LogP contribution in [-0.4, -0.2) is 48.1 Å². The Labute approximate surface area is 124 Å². The first-order valence-corrected chi connectivity index (χ1v) is 7.12. The molecule has 21 heavy (non-hydrogen) atoms. The Morgan fingerprint density at radius 1 is 1.48 bits per heavy atom. The molecule has 0 aliphatic carbocycles. The van der Waals surface area contributed by atoms with Crippen molar-refractivity contribution in [1.29, 1.82) is 0 Å². The molecule has 0 spiro atoms. The summed E-state index contributed by atoms with van der Waals surface area (Å²) < 4.78 is 5.25. The summed E-state index contributed by atoms with van der Waals surface area (Å²) in [6, 6.07) is 1.86. The van der Waals surface area contributed by atoms with Crippen LogP contribution in [0.25, 0.3) is 11.1 Å². The number of carbonyl (C=O) groups excluding carboxylic acids is 1. The van der Waals surface area contributed by atoms with Crippen molar-refractivity contribution in [2.24, 2.45) is 0 Å². The third-order valence-corrected chi connectivity index (χ3v) is 3.50. The summed E-state index contributed by atoms with van der Waals surface area (Å²) in [5.41, 5.74) is 2.58. The zero-order valence-electron chi connectivity index (χ0n) is 13.2. The molecule has 2 rings (SSSR count). The standard InChI is InChI=1S/C15H22N4O2/c1-9(2)12-8-11(15(20)19(5)7-6-16-4)13-10(3)18-21-14(13)17-12/h8-9,16H,6-7H2,1-5H3. The summed E-state index contributed by atoms with van der Waals surface area (Å²) in [4.78, 5) is 18.8. The third kappa shape index (κ3) is 3.05. The van der Waals surface area contributed by atoms with Crippen LogP contribution >= 0.6 is 0 Å². The van der Waals surface area contributed by atoms with E-state index in [1.807, 2.05) is 33.9 Å². The van der Waals surface area contributed by atoms with E-state index in [0.717, 1.165) is 12.2 Å². The highest BCUT2D eigenvalue weighted by atomic mass is 16.5. The summed E-state index contributed by atoms with van der Waals surface area (Å²) in [7, 11) is 3.66. The second-order valence-corrected chi connectivity index (χ2v) is 5.53. The molecule has 1 N–H and O–H groups in total. The lowest BCUT2D eigenvalue weighted by Crippen LogP contribution is -2.33. The fraction of sp³-hybridized carbons (Fsp3) is 0.533. The number of fused-ring (bicyclic) bond motifs is 1. The van der Waals surface area contributed by atoms with E-state index in [9.17, 15) is 4.79 Å². The fourth-order valence-corrected chi connectivity index (χ4v) is 2.16. The smallest absolute Gasteiger partial charge is 0.259 e. The quantitative estimate of drug-likeness (QED) is 0.911. The van der Waals surface area contributed by atoms with Crippen molar-refractivity contribution in [2.75, 3.05) is 27.2 Å². The van der Waals surface area contributed by atoms with Gasteiger partial charge in [-0.05, 0) is 26.0 Å². The molecular formula is C15H22N4O2. The van der Waals surface area contributed by atoms with Gasteiger partial charge in [-0.25, -0.2) is 4.98 Å². The topological polar surface area (TPSA) is 71.3 Å². The average Bonchev–Trinajstić information content (AvgIpc) is 2.84. The van der Waals surface area contributed by atoms with Crippen molar-refractivity contribution in [3.05, 3.63) is 23.0 Å². The molecule has 6 heteroatoms. The summed E-state index contributed by atoms with van der Waals surface area (Å²) in [6.45, 7) is 7.29. The molecule has 0 atom stereocenters. The van der Waals surface area contributed by atoms with E-state index in [4.69, 9.17) is 4.52 Å². The van der Waals surface area contributed by atoms with Crippen molar-refractivity contribution >= 4 is 17.0 Å². The molecule has 2 aromatic rings. The number of likely N-dealkylation sites (N-methyl/N-ethyl adjacent to an activating group) is 2. The molecule has 0 saturated carbocycles. The van der Waals surface area contributed by atoms with Gasteiger partial charge in [0.15, 0.2) is 0 Å². The van der Waals surface area contributed by atoms with Crippen LogP contribution in [0.4, 0.5) is 0 Å². The fourth-order valence-electron chi connectivity index (χ4n) is 2.16. The lowest BCUT2D eigenvalue weighted by atomic mass is 10.0. The molecule has 0 fully saturated rings. The maximum atomic E-state index is 12.7. The van der Waals surface area contributed by atoms with Gasteiger partial charge in [0, 0.05) is 25.8 Å². The minimum Gasteiger partial charge on any atom is -0.340 e. The summed E-state index contributed by atoms with van der Waals surface area (Å²) in [5.74, 6) is 0.180. The second-order valence-electron chi connectivity index (χ2n) is 5.53. The molecule has 2 aromatic heterocycles. The van der Waals surface area contributed by atoms with E-state index in [0.29, 0.717) is 28.9 Å². The van der Waals surface area contributed by atoms with Crippen LogP contribution in [0.1, 0.15) is 41.5 Å². The predicted molar refractivity (Wildman–Crippen MR) is 81.5 cm³/mol. The van der Waals surface area contributed by atoms with E-state index in [1.165, 1.54) is 0 Å². The number of amides is 1. The first-order chi connectivity index (χ1) is 9.95. The van der Waals surface area contributed by atoms with Crippen molar-refractivity contribution in [3.63, 3.8) is 0 Å². The molecule has 0 bridgehead atoms. The minimum atomic E-state index is -0.0362. The molecule has 0 aliphatic heterocycles. The van der Waals surface area contributed by atoms with E-state index >= 15 is 0 Å². The van der Waals surface area contributed by atoms with E-state index < -0.39 is 0 Å². The average molecular weight is 290 g/mol. The van der Waals surface area contributed by atoms with Gasteiger partial charge in [-0.1, -0.05) is 19.0 Å². The zero-order chi connectivity index (χ0) is 15.6. The van der Waals surface area contributed by atoms with Gasteiger partial charge in [-0.3, -0.25) is 4.79 Å². The van der Waals surface area contributed by atoms with Crippen LogP contribution in [0, 0.1) is 6.92 Å². The van der Waals surface area contributed by atoms with E-state index in [-0.39, 0.29) is 11.8 Å². The number of rotatable bonds is 5. The molecule has 114 valence electrons. The largest absolute Gasteiger partial charge is 0.340 e. The number of nitrogens with zero attached hydrogens (tertiary/aromatic N) is 3. The molecule has 0 aliphatic rings. The maximum Gasteiger partial charge on any atom is 0.259 e. The third-order valence-electron chi connectivity index (χ3n) is 3.50. The molecule has 1 amide bonds. The number of hydrogen-bond acceptors (Lipinski definition) is 5. The first-order valence-electron chi connectivity index (χ1n) is 7.12. The highest BCUT2D eigenvalue weighted by Crippen LogP contribution is 2.25. The van der Waals surface area contributed by atoms with Crippen LogP contribution in [0.5, 0.6) is 0 Å². The van der Waals surface area contributed by atoms with Crippen molar-refractivity contribution in [3.8, 4) is 0 Å². The molecule has 6 nitrogen and oxygen atoms in total. The lowest BCUT2D eigenvalue weighted by Gasteiger charge is -2.18. The first kappa shape index (κ1) is 15.4. The van der Waals surface area contributed by atoms with Gasteiger partial charge >= 0.3 is 0 Å². The Hall–Kier alpha value is -1.95. The van der Waals surface area contributed by atoms with Crippen molar-refractivity contribution in [2.45, 2.75) is 26.7 Å². The van der Waals surface area contributed by atoms with Crippen LogP contribution in [0.3, 0.4) is 0 Å². The maximum absolute atomic E-state index is 12.7. The Morgan fingerprint density at radius 2 is 2.19 bits per heavy atom. The highest BCUT2D eigenvalue weighted by molar-refractivity contribution is 6.05. The van der Waals surface area contributed by atoms with E-state index in [1.54, 1.807) is 11.9 Å². The van der Waals surface area contributed by atoms with E-state index in [2.05, 4.69) is 15.5 Å². The molecular weight excluding hydrogens is 268 g/mol. The molecule has 0 saturated heterocycles. The highest BCUT2D eigenvalue weighted by Gasteiger charge is 2.21. The second kappa shape index (κ2) is 6.22. The summed E-state index contributed by atoms with van der Waals surface area (Å²) in [6.07, 6.45) is 0. The van der Waals surface area contributed by atoms with Crippen molar-refractivity contribution in [1.82, 2.24) is 20.4 Å². The Balaban J connectivity index is 2.49. The summed E-state index contributed by atoms with van der Waals surface area (Å²) >= 11 is 0. The number of hydrogen-bond donors (Lipinski definition) is 1. The Morgan fingerprint density at radius 3 is 2.81 bits per heavy atom. The Kier molecular flexibility index (Phi) is 4.57. The van der Waals surface area contributed by atoms with Gasteiger partial charge in [0.25, 0.3) is 11.6 Å². The van der Waals surface area contributed by atoms with Crippen LogP contribution in [0.15, 0.2) is 10.6 Å². The lowest BCUT2D eigenvalue weighted by molar-refractivity contribution is 0.0798. The van der Waals surface area contributed by atoms with Gasteiger partial charge < -0.3 is 14.7 Å². The molecule has 0 radical (unpaired) electrons. The monoisotopic (exact) mass is 290 g/mol. The predicted octanol–water partition coefficient (Wildman–Crippen LogP) is 1.95. The van der Waals surface area contributed by atoms with Gasteiger partial charge in [-0.2, -0.15) is 0 Å². The Bertz CT molecular complexity index is 648. The number of carbonyl (C=O) groups is 1. The zero-order valence-corrected chi connectivity index (χ0v) is 13.2. The molecule has 2 heterocycles. The number of pyridine rings is 1. The molecule has 0 unspecified atom stereocenters. The summed E-state index contributed by atoms with van der Waals surface area (Å²) in [5, 5.41) is 7.69. The van der Waals surface area contributed by atoms with Crippen molar-refractivity contribution < 1.29 is 9.32 Å². The normalized spacial score (nSPS) is 11.3. The van der Waals surface area contributed by atoms with Gasteiger partial charge in [-0.15, -0.1) is 0 Å². The van der Waals surface area contributed by atoms with Gasteiger partial charge in [0.05, 0.1) is 16.6 Å². The van der Waals surface area contributed by atoms with Crippen LogP contribution < -0.4 is 5.32 Å². The molecule has 0 aromatic carbocycles. The SMILES string of the molecule is CNCCN(C)C(=O)c1cc(C(C)C)nc2onc(C)c12. The number of aryl methyl sites for hydroxylation is 1.